The molecule has 112 valence electrons. The molecule has 20 heavy (non-hydrogen) atoms. The lowest BCUT2D eigenvalue weighted by atomic mass is 9.87. The topological polar surface area (TPSA) is 51.5 Å². The van der Waals surface area contributed by atoms with Crippen LogP contribution in [0.3, 0.4) is 0 Å². The summed E-state index contributed by atoms with van der Waals surface area (Å²) in [4.78, 5) is 11.3. The van der Waals surface area contributed by atoms with Gasteiger partial charge in [-0.05, 0) is 37.9 Å². The van der Waals surface area contributed by atoms with E-state index in [-0.39, 0.29) is 11.8 Å². The summed E-state index contributed by atoms with van der Waals surface area (Å²) >= 11 is 0. The molecule has 1 heterocycles. The van der Waals surface area contributed by atoms with Crippen molar-refractivity contribution in [2.24, 2.45) is 5.92 Å². The second kappa shape index (κ2) is 7.48. The average molecular weight is 279 g/mol. The zero-order valence-electron chi connectivity index (χ0n) is 12.5. The Balaban J connectivity index is 1.75. The molecule has 1 N–H and O–H groups in total. The zero-order chi connectivity index (χ0) is 14.4. The maximum atomic E-state index is 11.3. The van der Waals surface area contributed by atoms with Crippen LogP contribution in [0.5, 0.6) is 0 Å². The van der Waals surface area contributed by atoms with Crippen molar-refractivity contribution in [3.63, 3.8) is 0 Å². The van der Waals surface area contributed by atoms with Crippen molar-refractivity contribution in [2.75, 3.05) is 13.7 Å². The number of esters is 1. The van der Waals surface area contributed by atoms with Crippen molar-refractivity contribution >= 4 is 5.97 Å². The van der Waals surface area contributed by atoms with Gasteiger partial charge < -0.3 is 14.5 Å². The lowest BCUT2D eigenvalue weighted by Gasteiger charge is -2.22. The molecule has 0 saturated heterocycles. The number of furan rings is 1. The van der Waals surface area contributed by atoms with E-state index in [9.17, 15) is 4.79 Å². The molecule has 0 radical (unpaired) electrons. The first-order chi connectivity index (χ1) is 9.70. The van der Waals surface area contributed by atoms with Gasteiger partial charge in [0.05, 0.1) is 13.2 Å². The van der Waals surface area contributed by atoms with E-state index in [0.29, 0.717) is 0 Å². The van der Waals surface area contributed by atoms with Crippen LogP contribution in [0.2, 0.25) is 0 Å². The van der Waals surface area contributed by atoms with Crippen molar-refractivity contribution in [3.8, 4) is 0 Å². The molecule has 1 aromatic heterocycles. The lowest BCUT2D eigenvalue weighted by Crippen LogP contribution is -2.22. The fraction of sp³-hybridized carbons (Fsp3) is 0.688. The van der Waals surface area contributed by atoms with E-state index in [1.165, 1.54) is 45.6 Å². The van der Waals surface area contributed by atoms with Crippen molar-refractivity contribution in [3.05, 3.63) is 23.7 Å². The lowest BCUT2D eigenvalue weighted by molar-refractivity contribution is 0.0562. The van der Waals surface area contributed by atoms with E-state index in [1.807, 2.05) is 6.07 Å². The van der Waals surface area contributed by atoms with Crippen LogP contribution in [0.1, 0.15) is 67.8 Å². The normalized spacial score (nSPS) is 17.9. The van der Waals surface area contributed by atoms with Crippen LogP contribution >= 0.6 is 0 Å². The minimum Gasteiger partial charge on any atom is -0.463 e. The van der Waals surface area contributed by atoms with Crippen LogP contribution in [0.4, 0.5) is 0 Å². The van der Waals surface area contributed by atoms with Gasteiger partial charge in [-0.1, -0.05) is 32.1 Å². The van der Waals surface area contributed by atoms with Crippen LogP contribution < -0.4 is 5.32 Å². The Labute approximate surface area is 120 Å². The molecule has 1 fully saturated rings. The predicted octanol–water partition coefficient (Wildman–Crippen LogP) is 3.69. The Bertz CT molecular complexity index is 421. The van der Waals surface area contributed by atoms with Crippen LogP contribution in [-0.2, 0) is 4.74 Å². The Hall–Kier alpha value is -1.29. The second-order valence-corrected chi connectivity index (χ2v) is 5.66. The summed E-state index contributed by atoms with van der Waals surface area (Å²) in [6.45, 7) is 3.06. The van der Waals surface area contributed by atoms with Gasteiger partial charge in [0.1, 0.15) is 5.76 Å². The van der Waals surface area contributed by atoms with Crippen LogP contribution in [0.25, 0.3) is 0 Å². The molecule has 4 heteroatoms. The molecular formula is C16H25NO3. The van der Waals surface area contributed by atoms with Gasteiger partial charge >= 0.3 is 5.97 Å². The number of nitrogens with one attached hydrogen (secondary N) is 1. The highest BCUT2D eigenvalue weighted by Crippen LogP contribution is 2.26. The standard InChI is InChI=1S/C16H25NO3/c1-12(14-8-9-15(20-14)16(18)19-2)17-11-10-13-6-4-3-5-7-13/h8-9,12-13,17H,3-7,10-11H2,1-2H3. The minimum atomic E-state index is -0.425. The van der Waals surface area contributed by atoms with E-state index in [1.54, 1.807) is 6.07 Å². The molecule has 0 aliphatic heterocycles. The number of ether oxygens (including phenoxy) is 1. The first-order valence-electron chi connectivity index (χ1n) is 7.62. The summed E-state index contributed by atoms with van der Waals surface area (Å²) in [7, 11) is 1.36. The number of carbonyl (C=O) groups is 1. The van der Waals surface area contributed by atoms with E-state index in [4.69, 9.17) is 4.42 Å². The summed E-state index contributed by atoms with van der Waals surface area (Å²) in [6.07, 6.45) is 8.17. The molecule has 0 bridgehead atoms. The monoisotopic (exact) mass is 279 g/mol. The average Bonchev–Trinajstić information content (AvgIpc) is 2.97. The third kappa shape index (κ3) is 4.10. The van der Waals surface area contributed by atoms with E-state index < -0.39 is 5.97 Å². The summed E-state index contributed by atoms with van der Waals surface area (Å²) < 4.78 is 10.1. The van der Waals surface area contributed by atoms with Crippen molar-refractivity contribution in [1.82, 2.24) is 5.32 Å². The van der Waals surface area contributed by atoms with Gasteiger partial charge in [0.2, 0.25) is 5.76 Å². The van der Waals surface area contributed by atoms with Crippen LogP contribution in [0.15, 0.2) is 16.5 Å². The molecule has 1 aliphatic rings. The van der Waals surface area contributed by atoms with Gasteiger partial charge in [0.15, 0.2) is 0 Å². The van der Waals surface area contributed by atoms with Crippen molar-refractivity contribution in [1.29, 1.82) is 0 Å². The summed E-state index contributed by atoms with van der Waals surface area (Å²) in [5, 5.41) is 3.47. The molecule has 0 amide bonds. The Kier molecular flexibility index (Phi) is 5.65. The number of hydrogen-bond acceptors (Lipinski definition) is 4. The number of methoxy groups -OCH3 is 1. The molecule has 0 aromatic carbocycles. The number of carbonyl (C=O) groups excluding carboxylic acids is 1. The second-order valence-electron chi connectivity index (χ2n) is 5.66. The molecule has 1 unspecified atom stereocenters. The van der Waals surface area contributed by atoms with Crippen LogP contribution in [-0.4, -0.2) is 19.6 Å². The molecular weight excluding hydrogens is 254 g/mol. The van der Waals surface area contributed by atoms with E-state index in [2.05, 4.69) is 17.0 Å². The SMILES string of the molecule is COC(=O)c1ccc(C(C)NCCC2CCCCC2)o1. The minimum absolute atomic E-state index is 0.122. The molecule has 4 nitrogen and oxygen atoms in total. The number of hydrogen-bond donors (Lipinski definition) is 1. The molecule has 1 aliphatic carbocycles. The highest BCUT2D eigenvalue weighted by Gasteiger charge is 2.16. The van der Waals surface area contributed by atoms with E-state index >= 15 is 0 Å². The van der Waals surface area contributed by atoms with Gasteiger partial charge in [0.25, 0.3) is 0 Å². The van der Waals surface area contributed by atoms with Gasteiger partial charge in [-0.25, -0.2) is 4.79 Å². The first-order valence-corrected chi connectivity index (χ1v) is 7.62. The maximum Gasteiger partial charge on any atom is 0.373 e. The molecule has 2 rings (SSSR count). The fourth-order valence-electron chi connectivity index (χ4n) is 2.88. The fourth-order valence-corrected chi connectivity index (χ4v) is 2.88. The Morgan fingerprint density at radius 3 is 2.85 bits per heavy atom. The zero-order valence-corrected chi connectivity index (χ0v) is 12.5. The highest BCUT2D eigenvalue weighted by molar-refractivity contribution is 5.86. The van der Waals surface area contributed by atoms with Gasteiger partial charge in [-0.15, -0.1) is 0 Å². The van der Waals surface area contributed by atoms with Gasteiger partial charge in [-0.3, -0.25) is 0 Å². The smallest absolute Gasteiger partial charge is 0.373 e. The summed E-state index contributed by atoms with van der Waals surface area (Å²) in [5.41, 5.74) is 0. The summed E-state index contributed by atoms with van der Waals surface area (Å²) in [6, 6.07) is 3.63. The molecule has 0 spiro atoms. The van der Waals surface area contributed by atoms with Crippen molar-refractivity contribution < 1.29 is 13.9 Å². The number of rotatable bonds is 6. The van der Waals surface area contributed by atoms with Gasteiger partial charge in [0, 0.05) is 0 Å². The van der Waals surface area contributed by atoms with Gasteiger partial charge in [-0.2, -0.15) is 0 Å². The maximum absolute atomic E-state index is 11.3. The first kappa shape index (κ1) is 15.1. The largest absolute Gasteiger partial charge is 0.463 e. The van der Waals surface area contributed by atoms with Crippen LogP contribution in [0, 0.1) is 5.92 Å². The Morgan fingerprint density at radius 2 is 2.15 bits per heavy atom. The molecule has 1 atom stereocenters. The third-order valence-electron chi connectivity index (χ3n) is 4.17. The summed E-state index contributed by atoms with van der Waals surface area (Å²) in [5.74, 6) is 1.51. The quantitative estimate of drug-likeness (QED) is 0.807. The predicted molar refractivity (Wildman–Crippen MR) is 77.7 cm³/mol. The molecule has 1 saturated carbocycles. The third-order valence-corrected chi connectivity index (χ3v) is 4.17. The highest BCUT2D eigenvalue weighted by atomic mass is 16.5. The Morgan fingerprint density at radius 1 is 1.40 bits per heavy atom. The molecule has 1 aromatic rings. The van der Waals surface area contributed by atoms with Crippen molar-refractivity contribution in [2.45, 2.75) is 51.5 Å². The van der Waals surface area contributed by atoms with E-state index in [0.717, 1.165) is 18.2 Å².